The molecule has 2 aromatic heterocycles. The van der Waals surface area contributed by atoms with Gasteiger partial charge in [-0.05, 0) is 6.07 Å². The minimum Gasteiger partial charge on any atom is -0.481 e. The van der Waals surface area contributed by atoms with Crippen molar-refractivity contribution in [2.45, 2.75) is 13.0 Å². The smallest absolute Gasteiger partial charge is 0.297 e. The van der Waals surface area contributed by atoms with Crippen LogP contribution in [-0.4, -0.2) is 26.9 Å². The van der Waals surface area contributed by atoms with Gasteiger partial charge >= 0.3 is 0 Å². The van der Waals surface area contributed by atoms with Crippen molar-refractivity contribution >= 4 is 5.69 Å². The van der Waals surface area contributed by atoms with Crippen molar-refractivity contribution in [1.29, 1.82) is 0 Å². The first-order valence-corrected chi connectivity index (χ1v) is 5.52. The molecule has 0 saturated heterocycles. The Labute approximate surface area is 108 Å². The van der Waals surface area contributed by atoms with E-state index in [0.717, 1.165) is 5.69 Å². The molecule has 0 bridgehead atoms. The third-order valence-corrected chi connectivity index (χ3v) is 2.59. The lowest BCUT2D eigenvalue weighted by molar-refractivity contribution is 0.136. The van der Waals surface area contributed by atoms with Crippen LogP contribution in [0.1, 0.15) is 18.1 Å². The van der Waals surface area contributed by atoms with Crippen LogP contribution in [0.4, 0.5) is 14.5 Å². The molecule has 0 fully saturated rings. The Balaban J connectivity index is 2.02. The minimum atomic E-state index is -2.63. The van der Waals surface area contributed by atoms with Gasteiger partial charge in [-0.2, -0.15) is 0 Å². The van der Waals surface area contributed by atoms with E-state index in [1.165, 1.54) is 18.7 Å². The number of ether oxygens (including phenoxy) is 1. The Morgan fingerprint density at radius 3 is 2.68 bits per heavy atom. The summed E-state index contributed by atoms with van der Waals surface area (Å²) < 4.78 is 31.2. The van der Waals surface area contributed by atoms with E-state index in [4.69, 9.17) is 4.74 Å². The van der Waals surface area contributed by atoms with Crippen LogP contribution in [0.5, 0.6) is 5.88 Å². The third kappa shape index (κ3) is 2.95. The van der Waals surface area contributed by atoms with Gasteiger partial charge in [0.05, 0.1) is 25.5 Å². The zero-order valence-electron chi connectivity index (χ0n) is 10.5. The van der Waals surface area contributed by atoms with Gasteiger partial charge in [-0.15, -0.1) is 10.2 Å². The molecule has 2 rings (SSSR count). The molecule has 6 nitrogen and oxygen atoms in total. The number of hydrogen-bond acceptors (Lipinski definition) is 5. The summed E-state index contributed by atoms with van der Waals surface area (Å²) in [6.45, 7) is 0.282. The number of halogens is 2. The second-order valence-electron chi connectivity index (χ2n) is 3.78. The number of aromatic nitrogens is 4. The first-order chi connectivity index (χ1) is 9.11. The summed E-state index contributed by atoms with van der Waals surface area (Å²) in [5.41, 5.74) is 0.738. The molecule has 19 heavy (non-hydrogen) atoms. The molecule has 8 heteroatoms. The van der Waals surface area contributed by atoms with Gasteiger partial charge in [0.25, 0.3) is 6.43 Å². The molecule has 0 aliphatic heterocycles. The van der Waals surface area contributed by atoms with Gasteiger partial charge in [-0.3, -0.25) is 0 Å². The van der Waals surface area contributed by atoms with Crippen LogP contribution in [0.3, 0.4) is 0 Å². The van der Waals surface area contributed by atoms with Gasteiger partial charge in [0.15, 0.2) is 11.6 Å². The molecule has 0 aromatic carbocycles. The summed E-state index contributed by atoms with van der Waals surface area (Å²) in [5, 5.41) is 10.2. The summed E-state index contributed by atoms with van der Waals surface area (Å²) in [6, 6.07) is 3.47. The number of pyridine rings is 1. The molecule has 2 heterocycles. The molecule has 0 unspecified atom stereocenters. The lowest BCUT2D eigenvalue weighted by Gasteiger charge is -2.07. The van der Waals surface area contributed by atoms with E-state index in [9.17, 15) is 8.78 Å². The van der Waals surface area contributed by atoms with E-state index in [-0.39, 0.29) is 12.4 Å². The number of anilines is 1. The second-order valence-corrected chi connectivity index (χ2v) is 3.78. The summed E-state index contributed by atoms with van der Waals surface area (Å²) in [6.07, 6.45) is -1.04. The number of nitrogens with one attached hydrogen (secondary N) is 1. The Hall–Kier alpha value is -2.25. The van der Waals surface area contributed by atoms with Gasteiger partial charge in [0.2, 0.25) is 5.88 Å². The highest BCUT2D eigenvalue weighted by molar-refractivity contribution is 5.42. The number of nitrogens with zero attached hydrogens (tertiary/aromatic N) is 4. The van der Waals surface area contributed by atoms with Crippen LogP contribution in [0, 0.1) is 0 Å². The average Bonchev–Trinajstić information content (AvgIpc) is 2.78. The van der Waals surface area contributed by atoms with Crippen LogP contribution < -0.4 is 10.1 Å². The summed E-state index contributed by atoms with van der Waals surface area (Å²) >= 11 is 0. The number of hydrogen-bond donors (Lipinski definition) is 1. The highest BCUT2D eigenvalue weighted by Crippen LogP contribution is 2.17. The quantitative estimate of drug-likeness (QED) is 0.896. The predicted octanol–water partition coefficient (Wildman–Crippen LogP) is 1.77. The first kappa shape index (κ1) is 13.2. The monoisotopic (exact) mass is 269 g/mol. The van der Waals surface area contributed by atoms with Gasteiger partial charge in [0.1, 0.15) is 0 Å². The highest BCUT2D eigenvalue weighted by atomic mass is 19.3. The van der Waals surface area contributed by atoms with Crippen molar-refractivity contribution in [2.75, 3.05) is 12.4 Å². The second kappa shape index (κ2) is 5.59. The minimum absolute atomic E-state index is 0.282. The van der Waals surface area contributed by atoms with E-state index in [1.807, 2.05) is 0 Å². The molecule has 0 atom stereocenters. The van der Waals surface area contributed by atoms with Gasteiger partial charge in [-0.1, -0.05) is 0 Å². The lowest BCUT2D eigenvalue weighted by atomic mass is 10.4. The topological polar surface area (TPSA) is 64.9 Å². The fourth-order valence-electron chi connectivity index (χ4n) is 1.51. The van der Waals surface area contributed by atoms with Crippen molar-refractivity contribution in [3.63, 3.8) is 0 Å². The van der Waals surface area contributed by atoms with Crippen molar-refractivity contribution in [3.8, 4) is 5.88 Å². The van der Waals surface area contributed by atoms with Crippen LogP contribution >= 0.6 is 0 Å². The van der Waals surface area contributed by atoms with E-state index in [0.29, 0.717) is 11.7 Å². The SMILES string of the molecule is COc1ccc(NCc2nnc(C(F)F)n2C)cn1. The van der Waals surface area contributed by atoms with E-state index in [2.05, 4.69) is 20.5 Å². The summed E-state index contributed by atoms with van der Waals surface area (Å²) in [7, 11) is 3.03. The van der Waals surface area contributed by atoms with Crippen LogP contribution in [0.2, 0.25) is 0 Å². The van der Waals surface area contributed by atoms with E-state index in [1.54, 1.807) is 18.3 Å². The van der Waals surface area contributed by atoms with Crippen molar-refractivity contribution in [2.24, 2.45) is 7.05 Å². The maximum absolute atomic E-state index is 12.5. The summed E-state index contributed by atoms with van der Waals surface area (Å²) in [5.74, 6) is 0.583. The van der Waals surface area contributed by atoms with Gasteiger partial charge < -0.3 is 14.6 Å². The van der Waals surface area contributed by atoms with Crippen molar-refractivity contribution in [3.05, 3.63) is 30.0 Å². The molecule has 2 aromatic rings. The number of methoxy groups -OCH3 is 1. The largest absolute Gasteiger partial charge is 0.481 e. The van der Waals surface area contributed by atoms with Crippen LogP contribution in [0.15, 0.2) is 18.3 Å². The molecule has 0 saturated carbocycles. The van der Waals surface area contributed by atoms with E-state index < -0.39 is 6.43 Å². The standard InChI is InChI=1S/C11H13F2N5O/c1-18-8(16-17-11(18)10(12)13)6-14-7-3-4-9(19-2)15-5-7/h3-5,10,14H,6H2,1-2H3. The molecule has 0 aliphatic rings. The molecular weight excluding hydrogens is 256 g/mol. The summed E-state index contributed by atoms with van der Waals surface area (Å²) in [4.78, 5) is 4.02. The average molecular weight is 269 g/mol. The van der Waals surface area contributed by atoms with E-state index >= 15 is 0 Å². The van der Waals surface area contributed by atoms with Crippen molar-refractivity contribution < 1.29 is 13.5 Å². The Kier molecular flexibility index (Phi) is 3.88. The zero-order valence-corrected chi connectivity index (χ0v) is 10.5. The molecular formula is C11H13F2N5O. The number of rotatable bonds is 5. The zero-order chi connectivity index (χ0) is 13.8. The Bertz CT molecular complexity index is 541. The molecule has 102 valence electrons. The fraction of sp³-hybridized carbons (Fsp3) is 0.364. The lowest BCUT2D eigenvalue weighted by Crippen LogP contribution is -2.08. The fourth-order valence-corrected chi connectivity index (χ4v) is 1.51. The maximum Gasteiger partial charge on any atom is 0.297 e. The Morgan fingerprint density at radius 2 is 2.16 bits per heavy atom. The molecule has 0 aliphatic carbocycles. The van der Waals surface area contributed by atoms with Crippen LogP contribution in [-0.2, 0) is 13.6 Å². The predicted molar refractivity (Wildman–Crippen MR) is 64.1 cm³/mol. The molecule has 0 amide bonds. The number of alkyl halides is 2. The first-order valence-electron chi connectivity index (χ1n) is 5.52. The van der Waals surface area contributed by atoms with Crippen molar-refractivity contribution in [1.82, 2.24) is 19.7 Å². The molecule has 0 spiro atoms. The normalized spacial score (nSPS) is 10.8. The molecule has 0 radical (unpaired) electrons. The maximum atomic E-state index is 12.5. The highest BCUT2D eigenvalue weighted by Gasteiger charge is 2.16. The van der Waals surface area contributed by atoms with Gasteiger partial charge in [-0.25, -0.2) is 13.8 Å². The van der Waals surface area contributed by atoms with Gasteiger partial charge in [0, 0.05) is 13.1 Å². The van der Waals surface area contributed by atoms with Crippen LogP contribution in [0.25, 0.3) is 0 Å². The Morgan fingerprint density at radius 1 is 1.37 bits per heavy atom. The molecule has 1 N–H and O–H groups in total. The third-order valence-electron chi connectivity index (χ3n) is 2.59.